The van der Waals surface area contributed by atoms with Crippen LogP contribution in [0.5, 0.6) is 0 Å². The molecular weight excluding hydrogens is 432 g/mol. The van der Waals surface area contributed by atoms with Crippen LogP contribution in [0.4, 0.5) is 0 Å². The Morgan fingerprint density at radius 2 is 1.74 bits per heavy atom. The lowest BCUT2D eigenvalue weighted by molar-refractivity contribution is -0.143. The summed E-state index contributed by atoms with van der Waals surface area (Å²) in [5, 5.41) is 13.6. The number of hydrogen-bond acceptors (Lipinski definition) is 5. The number of amides is 2. The first-order chi connectivity index (χ1) is 16.1. The summed E-state index contributed by atoms with van der Waals surface area (Å²) >= 11 is 0. The molecule has 1 aromatic carbocycles. The molecule has 0 saturated carbocycles. The third-order valence-corrected chi connectivity index (χ3v) is 7.48. The van der Waals surface area contributed by atoms with Crippen LogP contribution in [0.3, 0.4) is 0 Å². The lowest BCUT2D eigenvalue weighted by atomic mass is 9.89. The summed E-state index contributed by atoms with van der Waals surface area (Å²) in [6.07, 6.45) is 0.611. The SMILES string of the molecule is CO[C@H]([C@@H](C)C(=O)N[C@H](C)[C@@H](O)c1ccccc1)[C@@H]1CCCN1C(=O)C[C@@H](OC)[C@@H](C)C(C)C. The van der Waals surface area contributed by atoms with E-state index in [4.69, 9.17) is 9.47 Å². The molecule has 2 rings (SSSR count). The number of aliphatic hydroxyl groups is 1. The largest absolute Gasteiger partial charge is 0.386 e. The van der Waals surface area contributed by atoms with Crippen LogP contribution < -0.4 is 5.32 Å². The van der Waals surface area contributed by atoms with Crippen molar-refractivity contribution in [3.63, 3.8) is 0 Å². The van der Waals surface area contributed by atoms with Gasteiger partial charge in [0.25, 0.3) is 0 Å². The molecule has 0 unspecified atom stereocenters. The molecule has 7 atom stereocenters. The molecule has 2 amide bonds. The summed E-state index contributed by atoms with van der Waals surface area (Å²) in [4.78, 5) is 28.2. The molecule has 1 aliphatic rings. The zero-order chi connectivity index (χ0) is 25.4. The van der Waals surface area contributed by atoms with E-state index >= 15 is 0 Å². The molecule has 1 aliphatic heterocycles. The fourth-order valence-corrected chi connectivity index (χ4v) is 4.86. The Morgan fingerprint density at radius 1 is 1.09 bits per heavy atom. The van der Waals surface area contributed by atoms with E-state index in [0.717, 1.165) is 18.4 Å². The van der Waals surface area contributed by atoms with Gasteiger partial charge in [0.1, 0.15) is 0 Å². The summed E-state index contributed by atoms with van der Waals surface area (Å²) in [6, 6.07) is 8.65. The van der Waals surface area contributed by atoms with E-state index in [1.54, 1.807) is 21.1 Å². The number of ether oxygens (including phenoxy) is 2. The predicted molar refractivity (Wildman–Crippen MR) is 133 cm³/mol. The monoisotopic (exact) mass is 476 g/mol. The third kappa shape index (κ3) is 7.03. The minimum absolute atomic E-state index is 0.0457. The van der Waals surface area contributed by atoms with Crippen LogP contribution in [0.2, 0.25) is 0 Å². The van der Waals surface area contributed by atoms with Crippen molar-refractivity contribution in [2.45, 2.75) is 84.3 Å². The molecule has 0 aromatic heterocycles. The second-order valence-corrected chi connectivity index (χ2v) is 10.0. The molecule has 0 radical (unpaired) electrons. The van der Waals surface area contributed by atoms with Crippen LogP contribution in [0, 0.1) is 17.8 Å². The molecule has 1 aromatic rings. The first kappa shape index (κ1) is 28.3. The van der Waals surface area contributed by atoms with E-state index in [9.17, 15) is 14.7 Å². The van der Waals surface area contributed by atoms with E-state index in [-0.39, 0.29) is 29.9 Å². The number of nitrogens with zero attached hydrogens (tertiary/aromatic N) is 1. The van der Waals surface area contributed by atoms with E-state index in [1.165, 1.54) is 0 Å². The van der Waals surface area contributed by atoms with Crippen molar-refractivity contribution < 1.29 is 24.2 Å². The number of hydrogen-bond donors (Lipinski definition) is 2. The van der Waals surface area contributed by atoms with E-state index in [1.807, 2.05) is 42.2 Å². The zero-order valence-corrected chi connectivity index (χ0v) is 21.9. The van der Waals surface area contributed by atoms with Gasteiger partial charge in [-0.15, -0.1) is 0 Å². The number of aliphatic hydroxyl groups excluding tert-OH is 1. The van der Waals surface area contributed by atoms with E-state index < -0.39 is 24.2 Å². The van der Waals surface area contributed by atoms with Gasteiger partial charge in [0, 0.05) is 20.8 Å². The highest BCUT2D eigenvalue weighted by molar-refractivity contribution is 5.80. The second-order valence-electron chi connectivity index (χ2n) is 10.0. The molecular formula is C27H44N2O5. The smallest absolute Gasteiger partial charge is 0.225 e. The highest BCUT2D eigenvalue weighted by Gasteiger charge is 2.41. The zero-order valence-electron chi connectivity index (χ0n) is 21.9. The molecule has 7 heteroatoms. The quantitative estimate of drug-likeness (QED) is 0.482. The number of carbonyl (C=O) groups excluding carboxylic acids is 2. The Balaban J connectivity index is 2.05. The van der Waals surface area contributed by atoms with Crippen molar-refractivity contribution in [3.05, 3.63) is 35.9 Å². The maximum absolute atomic E-state index is 13.2. The normalized spacial score (nSPS) is 21.6. The third-order valence-electron chi connectivity index (χ3n) is 7.48. The molecule has 0 aliphatic carbocycles. The van der Waals surface area contributed by atoms with Gasteiger partial charge in [0.2, 0.25) is 11.8 Å². The first-order valence-electron chi connectivity index (χ1n) is 12.5. The maximum atomic E-state index is 13.2. The van der Waals surface area contributed by atoms with Gasteiger partial charge in [-0.2, -0.15) is 0 Å². The topological polar surface area (TPSA) is 88.1 Å². The summed E-state index contributed by atoms with van der Waals surface area (Å²) in [5.74, 6) is 0.0362. The average molecular weight is 477 g/mol. The average Bonchev–Trinajstić information content (AvgIpc) is 3.31. The van der Waals surface area contributed by atoms with Gasteiger partial charge in [-0.1, -0.05) is 58.0 Å². The van der Waals surface area contributed by atoms with Gasteiger partial charge >= 0.3 is 0 Å². The number of likely N-dealkylation sites (tertiary alicyclic amines) is 1. The maximum Gasteiger partial charge on any atom is 0.225 e. The Labute approximate surface area is 205 Å². The number of nitrogens with one attached hydrogen (secondary N) is 1. The van der Waals surface area contributed by atoms with E-state index in [0.29, 0.717) is 18.9 Å². The van der Waals surface area contributed by atoms with Gasteiger partial charge in [0.05, 0.1) is 42.7 Å². The van der Waals surface area contributed by atoms with Gasteiger partial charge in [0.15, 0.2) is 0 Å². The Kier molecular flexibility index (Phi) is 11.0. The molecule has 0 spiro atoms. The number of carbonyl (C=O) groups is 2. The Bertz CT molecular complexity index is 772. The fourth-order valence-electron chi connectivity index (χ4n) is 4.86. The molecule has 192 valence electrons. The molecule has 2 N–H and O–H groups in total. The lowest BCUT2D eigenvalue weighted by Crippen LogP contribution is -2.51. The first-order valence-corrected chi connectivity index (χ1v) is 12.5. The second kappa shape index (κ2) is 13.2. The van der Waals surface area contributed by atoms with Crippen LogP contribution in [-0.2, 0) is 19.1 Å². The van der Waals surface area contributed by atoms with Gasteiger partial charge in [-0.3, -0.25) is 9.59 Å². The summed E-state index contributed by atoms with van der Waals surface area (Å²) in [5.41, 5.74) is 0.752. The van der Waals surface area contributed by atoms with E-state index in [2.05, 4.69) is 26.1 Å². The van der Waals surface area contributed by atoms with Crippen LogP contribution in [0.15, 0.2) is 30.3 Å². The van der Waals surface area contributed by atoms with Gasteiger partial charge in [-0.05, 0) is 37.2 Å². The van der Waals surface area contributed by atoms with Crippen molar-refractivity contribution in [2.75, 3.05) is 20.8 Å². The fraction of sp³-hybridized carbons (Fsp3) is 0.704. The summed E-state index contributed by atoms with van der Waals surface area (Å²) in [6.45, 7) is 10.7. The number of benzene rings is 1. The predicted octanol–water partition coefficient (Wildman–Crippen LogP) is 3.56. The van der Waals surface area contributed by atoms with Crippen molar-refractivity contribution in [1.29, 1.82) is 0 Å². The molecule has 0 bridgehead atoms. The van der Waals surface area contributed by atoms with Crippen LogP contribution in [0.25, 0.3) is 0 Å². The van der Waals surface area contributed by atoms with Crippen molar-refractivity contribution >= 4 is 11.8 Å². The van der Waals surface area contributed by atoms with Gasteiger partial charge < -0.3 is 24.8 Å². The molecule has 1 saturated heterocycles. The molecule has 1 heterocycles. The Hall–Kier alpha value is -1.96. The van der Waals surface area contributed by atoms with Crippen LogP contribution in [0.1, 0.15) is 65.5 Å². The summed E-state index contributed by atoms with van der Waals surface area (Å²) in [7, 11) is 3.25. The minimum Gasteiger partial charge on any atom is -0.386 e. The summed E-state index contributed by atoms with van der Waals surface area (Å²) < 4.78 is 11.4. The Morgan fingerprint density at radius 3 is 2.29 bits per heavy atom. The van der Waals surface area contributed by atoms with Crippen molar-refractivity contribution in [2.24, 2.45) is 17.8 Å². The molecule has 7 nitrogen and oxygen atoms in total. The molecule has 1 fully saturated rings. The number of rotatable bonds is 12. The number of methoxy groups -OCH3 is 2. The highest BCUT2D eigenvalue weighted by atomic mass is 16.5. The minimum atomic E-state index is -0.808. The standard InChI is InChI=1S/C27H44N2O5/c1-17(2)18(3)23(33-6)16-24(30)29-15-11-14-22(29)26(34-7)19(4)27(32)28-20(5)25(31)21-12-9-8-10-13-21/h8-10,12-13,17-20,22-23,25-26,31H,11,14-16H2,1-7H3,(H,28,32)/t18-,19+,20+,22-,23+,25+,26+/m0/s1. The molecule has 34 heavy (non-hydrogen) atoms. The van der Waals surface area contributed by atoms with Crippen molar-refractivity contribution in [1.82, 2.24) is 10.2 Å². The van der Waals surface area contributed by atoms with Crippen LogP contribution >= 0.6 is 0 Å². The highest BCUT2D eigenvalue weighted by Crippen LogP contribution is 2.29. The van der Waals surface area contributed by atoms with Crippen LogP contribution in [-0.4, -0.2) is 66.9 Å². The van der Waals surface area contributed by atoms with Gasteiger partial charge in [-0.25, -0.2) is 0 Å². The van der Waals surface area contributed by atoms with Crippen molar-refractivity contribution in [3.8, 4) is 0 Å². The lowest BCUT2D eigenvalue weighted by Gasteiger charge is -2.35.